The molecule has 6 nitrogen and oxygen atoms in total. The Morgan fingerprint density at radius 3 is 2.78 bits per heavy atom. The Morgan fingerprint density at radius 1 is 1.50 bits per heavy atom. The van der Waals surface area contributed by atoms with Gasteiger partial charge in [0.05, 0.1) is 0 Å². The highest BCUT2D eigenvalue weighted by atomic mass is 35.5. The van der Waals surface area contributed by atoms with Crippen molar-refractivity contribution in [2.45, 2.75) is 18.4 Å². The average Bonchev–Trinajstić information content (AvgIpc) is 2.33. The third-order valence-corrected chi connectivity index (χ3v) is 2.86. The molecule has 0 spiro atoms. The predicted octanol–water partition coefficient (Wildman–Crippen LogP) is 0.655. The molecule has 100 valence electrons. The van der Waals surface area contributed by atoms with Gasteiger partial charge in [-0.2, -0.15) is 0 Å². The van der Waals surface area contributed by atoms with Crippen LogP contribution in [0.15, 0.2) is 18.3 Å². The van der Waals surface area contributed by atoms with Crippen molar-refractivity contribution in [3.8, 4) is 5.75 Å². The number of anilines is 1. The number of hydrogen-bond acceptors (Lipinski definition) is 5. The zero-order valence-electron chi connectivity index (χ0n) is 9.76. The van der Waals surface area contributed by atoms with Gasteiger partial charge in [-0.05, 0) is 25.0 Å². The van der Waals surface area contributed by atoms with E-state index in [1.165, 1.54) is 12.3 Å². The molecule has 0 radical (unpaired) electrons. The summed E-state index contributed by atoms with van der Waals surface area (Å²) in [6, 6.07) is 3.04. The van der Waals surface area contributed by atoms with Crippen LogP contribution in [0.25, 0.3) is 0 Å². The molecule has 1 aromatic rings. The van der Waals surface area contributed by atoms with Crippen LogP contribution in [0.3, 0.4) is 0 Å². The van der Waals surface area contributed by atoms with Crippen LogP contribution in [0.5, 0.6) is 5.75 Å². The molecule has 18 heavy (non-hydrogen) atoms. The molecular weight excluding hydrogens is 258 g/mol. The predicted molar refractivity (Wildman–Crippen MR) is 68.8 cm³/mol. The second kappa shape index (κ2) is 5.99. The molecule has 1 fully saturated rings. The van der Waals surface area contributed by atoms with E-state index in [-0.39, 0.29) is 29.9 Å². The monoisotopic (exact) mass is 273 g/mol. The lowest BCUT2D eigenvalue weighted by molar-refractivity contribution is -0.124. The van der Waals surface area contributed by atoms with Crippen LogP contribution >= 0.6 is 12.4 Å². The number of aromatic hydroxyl groups is 1. The molecule has 0 unspecified atom stereocenters. The van der Waals surface area contributed by atoms with E-state index in [2.05, 4.69) is 10.3 Å². The summed E-state index contributed by atoms with van der Waals surface area (Å²) in [5.74, 6) is -0.278. The second-order valence-corrected chi connectivity index (χ2v) is 4.09. The van der Waals surface area contributed by atoms with Crippen LogP contribution in [0.2, 0.25) is 0 Å². The zero-order chi connectivity index (χ0) is 12.3. The van der Waals surface area contributed by atoms with Gasteiger partial charge in [0.15, 0.2) is 11.6 Å². The minimum Gasteiger partial charge on any atom is -0.504 e. The summed E-state index contributed by atoms with van der Waals surface area (Å²) in [5, 5.41) is 12.0. The van der Waals surface area contributed by atoms with Crippen LogP contribution in [-0.2, 0) is 9.53 Å². The Morgan fingerprint density at radius 2 is 2.17 bits per heavy atom. The molecule has 1 aliphatic rings. The summed E-state index contributed by atoms with van der Waals surface area (Å²) in [5.41, 5.74) is 5.06. The topological polar surface area (TPSA) is 97.5 Å². The van der Waals surface area contributed by atoms with E-state index >= 15 is 0 Å². The van der Waals surface area contributed by atoms with Crippen molar-refractivity contribution in [3.63, 3.8) is 0 Å². The maximum absolute atomic E-state index is 12.0. The minimum atomic E-state index is -0.942. The number of rotatable bonds is 2. The van der Waals surface area contributed by atoms with Gasteiger partial charge in [0.25, 0.3) is 0 Å². The van der Waals surface area contributed by atoms with Crippen molar-refractivity contribution >= 4 is 24.1 Å². The molecule has 0 aromatic carbocycles. The molecule has 0 aliphatic carbocycles. The Labute approximate surface area is 111 Å². The van der Waals surface area contributed by atoms with Crippen LogP contribution in [0.4, 0.5) is 5.82 Å². The highest BCUT2D eigenvalue weighted by Crippen LogP contribution is 2.23. The fraction of sp³-hybridized carbons (Fsp3) is 0.455. The van der Waals surface area contributed by atoms with Gasteiger partial charge in [0.2, 0.25) is 5.91 Å². The van der Waals surface area contributed by atoms with Gasteiger partial charge in [0, 0.05) is 19.4 Å². The average molecular weight is 274 g/mol. The van der Waals surface area contributed by atoms with Gasteiger partial charge in [-0.15, -0.1) is 12.4 Å². The molecule has 1 saturated heterocycles. The zero-order valence-corrected chi connectivity index (χ0v) is 10.6. The number of carbonyl (C=O) groups is 1. The molecule has 4 N–H and O–H groups in total. The lowest BCUT2D eigenvalue weighted by Gasteiger charge is -2.31. The van der Waals surface area contributed by atoms with E-state index in [1.54, 1.807) is 6.07 Å². The van der Waals surface area contributed by atoms with E-state index in [1.807, 2.05) is 0 Å². The Balaban J connectivity index is 0.00000162. The van der Waals surface area contributed by atoms with Crippen molar-refractivity contribution in [2.75, 3.05) is 18.5 Å². The number of aromatic nitrogens is 1. The lowest BCUT2D eigenvalue weighted by Crippen LogP contribution is -2.54. The summed E-state index contributed by atoms with van der Waals surface area (Å²) < 4.78 is 5.16. The smallest absolute Gasteiger partial charge is 0.245 e. The van der Waals surface area contributed by atoms with E-state index in [4.69, 9.17) is 10.5 Å². The highest BCUT2D eigenvalue weighted by Gasteiger charge is 2.36. The summed E-state index contributed by atoms with van der Waals surface area (Å²) >= 11 is 0. The Kier molecular flexibility index (Phi) is 4.89. The first-order chi connectivity index (χ1) is 8.12. The van der Waals surface area contributed by atoms with Crippen LogP contribution < -0.4 is 11.1 Å². The number of carbonyl (C=O) groups excluding carboxylic acids is 1. The second-order valence-electron chi connectivity index (χ2n) is 4.09. The molecule has 1 aliphatic heterocycles. The number of halogens is 1. The van der Waals surface area contributed by atoms with Crippen LogP contribution in [-0.4, -0.2) is 34.8 Å². The fourth-order valence-electron chi connectivity index (χ4n) is 1.69. The largest absolute Gasteiger partial charge is 0.504 e. The van der Waals surface area contributed by atoms with E-state index in [9.17, 15) is 9.90 Å². The lowest BCUT2D eigenvalue weighted by atomic mass is 9.90. The number of ether oxygens (including phenoxy) is 1. The quantitative estimate of drug-likeness (QED) is 0.735. The maximum Gasteiger partial charge on any atom is 0.245 e. The number of nitrogens with two attached hydrogens (primary N) is 1. The molecule has 1 aromatic heterocycles. The first kappa shape index (κ1) is 14.7. The van der Waals surface area contributed by atoms with Crippen molar-refractivity contribution in [2.24, 2.45) is 5.73 Å². The fourth-order valence-corrected chi connectivity index (χ4v) is 1.69. The molecule has 1 amide bonds. The van der Waals surface area contributed by atoms with E-state index < -0.39 is 5.54 Å². The molecular formula is C11H16ClN3O3. The molecule has 0 saturated carbocycles. The van der Waals surface area contributed by atoms with Crippen LogP contribution in [0, 0.1) is 0 Å². The maximum atomic E-state index is 12.0. The van der Waals surface area contributed by atoms with Gasteiger partial charge in [0.1, 0.15) is 5.54 Å². The van der Waals surface area contributed by atoms with Gasteiger partial charge in [-0.1, -0.05) is 0 Å². The standard InChI is InChI=1S/C11H15N3O3.ClH/c12-11(3-6-17-7-4-11)10(16)14-9-8(15)2-1-5-13-9;/h1-2,5,15H,3-4,6-7,12H2,(H,13,14,16);1H. The third-order valence-electron chi connectivity index (χ3n) is 2.86. The normalized spacial score (nSPS) is 17.6. The van der Waals surface area contributed by atoms with Crippen LogP contribution in [0.1, 0.15) is 12.8 Å². The Bertz CT molecular complexity index is 422. The van der Waals surface area contributed by atoms with Crippen molar-refractivity contribution < 1.29 is 14.6 Å². The Hall–Kier alpha value is -1.37. The molecule has 0 bridgehead atoms. The van der Waals surface area contributed by atoms with Gasteiger partial charge < -0.3 is 20.9 Å². The van der Waals surface area contributed by atoms with Crippen molar-refractivity contribution in [1.29, 1.82) is 0 Å². The molecule has 2 heterocycles. The molecule has 0 atom stereocenters. The summed E-state index contributed by atoms with van der Waals surface area (Å²) in [7, 11) is 0. The van der Waals surface area contributed by atoms with E-state index in [0.29, 0.717) is 26.1 Å². The number of nitrogens with one attached hydrogen (secondary N) is 1. The SMILES string of the molecule is Cl.NC1(C(=O)Nc2ncccc2O)CCOCC1. The minimum absolute atomic E-state index is 0. The first-order valence-electron chi connectivity index (χ1n) is 5.44. The van der Waals surface area contributed by atoms with Gasteiger partial charge >= 0.3 is 0 Å². The van der Waals surface area contributed by atoms with Gasteiger partial charge in [-0.3, -0.25) is 4.79 Å². The summed E-state index contributed by atoms with van der Waals surface area (Å²) in [6.07, 6.45) is 2.42. The number of amides is 1. The highest BCUT2D eigenvalue weighted by molar-refractivity contribution is 5.98. The van der Waals surface area contributed by atoms with Crippen molar-refractivity contribution in [3.05, 3.63) is 18.3 Å². The van der Waals surface area contributed by atoms with Crippen molar-refractivity contribution in [1.82, 2.24) is 4.98 Å². The molecule has 2 rings (SSSR count). The first-order valence-corrected chi connectivity index (χ1v) is 5.44. The summed E-state index contributed by atoms with van der Waals surface area (Å²) in [6.45, 7) is 0.941. The number of nitrogens with zero attached hydrogens (tertiary/aromatic N) is 1. The van der Waals surface area contributed by atoms with E-state index in [0.717, 1.165) is 0 Å². The molecule has 7 heteroatoms. The number of pyridine rings is 1. The third kappa shape index (κ3) is 3.10. The van der Waals surface area contributed by atoms with Gasteiger partial charge in [-0.25, -0.2) is 4.98 Å². The summed E-state index contributed by atoms with van der Waals surface area (Å²) in [4.78, 5) is 15.9. The number of hydrogen-bond donors (Lipinski definition) is 3.